The molecule has 0 radical (unpaired) electrons. The Hall–Kier alpha value is -3.87. The fraction of sp³-hybridized carbons (Fsp3) is 0.357. The third kappa shape index (κ3) is 8.07. The number of nitrogens with two attached hydrogens (primary N) is 2. The molecule has 0 bridgehead atoms. The lowest BCUT2D eigenvalue weighted by Gasteiger charge is -2.27. The highest BCUT2D eigenvalue weighted by atomic mass is 19.4. The summed E-state index contributed by atoms with van der Waals surface area (Å²) in [7, 11) is 5.15. The number of allylic oxidation sites excluding steroid dienone is 2. The first-order valence-corrected chi connectivity index (χ1v) is 12.7. The average molecular weight is 560 g/mol. The lowest BCUT2D eigenvalue weighted by atomic mass is 9.93. The smallest absolute Gasteiger partial charge is 0.416 e. The first-order chi connectivity index (χ1) is 18.9. The van der Waals surface area contributed by atoms with Gasteiger partial charge >= 0.3 is 6.18 Å². The van der Waals surface area contributed by atoms with Crippen LogP contribution in [0.5, 0.6) is 5.75 Å². The number of likely N-dealkylation sites (N-methyl/N-ethyl adjacent to an activating group) is 1. The molecule has 1 atom stereocenters. The second-order valence-corrected chi connectivity index (χ2v) is 9.75. The quantitative estimate of drug-likeness (QED) is 0.187. The monoisotopic (exact) mass is 559 g/mol. The molecule has 0 saturated heterocycles. The predicted molar refractivity (Wildman–Crippen MR) is 149 cm³/mol. The number of pyridine rings is 1. The molecule has 0 saturated carbocycles. The van der Waals surface area contributed by atoms with Gasteiger partial charge in [0, 0.05) is 66.5 Å². The van der Waals surface area contributed by atoms with Crippen molar-refractivity contribution in [3.8, 4) is 5.75 Å². The molecule has 1 aliphatic rings. The van der Waals surface area contributed by atoms with E-state index in [4.69, 9.17) is 16.3 Å². The number of anilines is 1. The van der Waals surface area contributed by atoms with Crippen molar-refractivity contribution in [1.82, 2.24) is 20.2 Å². The highest BCUT2D eigenvalue weighted by molar-refractivity contribution is 6.07. The Morgan fingerprint density at radius 2 is 2.05 bits per heavy atom. The van der Waals surface area contributed by atoms with Crippen LogP contribution in [0.2, 0.25) is 0 Å². The van der Waals surface area contributed by atoms with E-state index in [2.05, 4.69) is 15.6 Å². The highest BCUT2D eigenvalue weighted by Crippen LogP contribution is 2.38. The largest absolute Gasteiger partial charge is 0.494 e. The summed E-state index contributed by atoms with van der Waals surface area (Å²) in [6, 6.07) is 5.45. The van der Waals surface area contributed by atoms with E-state index in [1.165, 1.54) is 18.3 Å². The van der Waals surface area contributed by atoms with E-state index in [-0.39, 0.29) is 35.0 Å². The number of carbonyl (C=O) groups is 1. The molecule has 1 aromatic carbocycles. The standard InChI is InChI=1S/C28H36F3N7O2/c1-18-7-8-19(13-25(18)38(33)17-23(32)20-6-5-9-34-15-20)27(39)36-24-14-22(28(29,30)31)12-21(26(24)40-4)16-35-10-11-37(2)3/h5-6,8-9,12-15,17-18,35H,7,10-11,16,32-33H2,1-4H3,(H,36,39)/b23-17-. The van der Waals surface area contributed by atoms with Gasteiger partial charge in [0.25, 0.3) is 5.91 Å². The number of methoxy groups -OCH3 is 1. The summed E-state index contributed by atoms with van der Waals surface area (Å²) in [4.78, 5) is 19.3. The SMILES string of the molecule is COc1c(CNCCN(C)C)cc(C(F)(F)F)cc1NC(=O)C1=CCC(C)C(N(N)/C=C(\N)c2cccnc2)=C1. The topological polar surface area (TPSA) is 122 Å². The minimum Gasteiger partial charge on any atom is -0.494 e. The van der Waals surface area contributed by atoms with Crippen molar-refractivity contribution in [2.75, 3.05) is 39.6 Å². The third-order valence-corrected chi connectivity index (χ3v) is 6.33. The molecule has 1 aromatic heterocycles. The number of hydrazine groups is 1. The van der Waals surface area contributed by atoms with Crippen LogP contribution < -0.4 is 26.9 Å². The van der Waals surface area contributed by atoms with Crippen LogP contribution in [0.1, 0.15) is 30.0 Å². The number of hydrogen-bond donors (Lipinski definition) is 4. The van der Waals surface area contributed by atoms with E-state index >= 15 is 0 Å². The van der Waals surface area contributed by atoms with Gasteiger partial charge < -0.3 is 26.0 Å². The van der Waals surface area contributed by atoms with Gasteiger partial charge in [0.05, 0.1) is 24.1 Å². The lowest BCUT2D eigenvalue weighted by Crippen LogP contribution is -2.31. The zero-order valence-corrected chi connectivity index (χ0v) is 23.0. The molecule has 0 spiro atoms. The normalized spacial score (nSPS) is 15.9. The van der Waals surface area contributed by atoms with Crippen molar-refractivity contribution in [1.29, 1.82) is 0 Å². The zero-order valence-electron chi connectivity index (χ0n) is 23.0. The van der Waals surface area contributed by atoms with E-state index in [1.54, 1.807) is 36.7 Å². The van der Waals surface area contributed by atoms with Gasteiger partial charge in [0.2, 0.25) is 0 Å². The number of rotatable bonds is 11. The minimum absolute atomic E-state index is 0.0394. The Morgan fingerprint density at radius 3 is 2.67 bits per heavy atom. The summed E-state index contributed by atoms with van der Waals surface area (Å²) in [6.07, 6.45) is 3.95. The summed E-state index contributed by atoms with van der Waals surface area (Å²) in [5.41, 5.74) is 7.40. The molecular weight excluding hydrogens is 523 g/mol. The first-order valence-electron chi connectivity index (χ1n) is 12.7. The van der Waals surface area contributed by atoms with Crippen molar-refractivity contribution in [2.45, 2.75) is 26.1 Å². The van der Waals surface area contributed by atoms with E-state index in [0.29, 0.717) is 36.5 Å². The van der Waals surface area contributed by atoms with Crippen LogP contribution >= 0.6 is 0 Å². The maximum absolute atomic E-state index is 13.7. The van der Waals surface area contributed by atoms with Gasteiger partial charge in [0.15, 0.2) is 0 Å². The lowest BCUT2D eigenvalue weighted by molar-refractivity contribution is -0.137. The molecule has 6 N–H and O–H groups in total. The number of benzene rings is 1. The van der Waals surface area contributed by atoms with Gasteiger partial charge in [0.1, 0.15) is 5.75 Å². The van der Waals surface area contributed by atoms with E-state index in [9.17, 15) is 18.0 Å². The van der Waals surface area contributed by atoms with Crippen LogP contribution in [0.25, 0.3) is 5.70 Å². The maximum atomic E-state index is 13.7. The van der Waals surface area contributed by atoms with Gasteiger partial charge in [-0.2, -0.15) is 13.2 Å². The summed E-state index contributed by atoms with van der Waals surface area (Å²) in [5, 5.41) is 7.08. The fourth-order valence-electron chi connectivity index (χ4n) is 4.14. The molecule has 1 amide bonds. The zero-order chi connectivity index (χ0) is 29.4. The van der Waals surface area contributed by atoms with Crippen LogP contribution in [0.4, 0.5) is 18.9 Å². The first kappa shape index (κ1) is 30.7. The van der Waals surface area contributed by atoms with E-state index in [0.717, 1.165) is 12.1 Å². The van der Waals surface area contributed by atoms with Crippen molar-refractivity contribution < 1.29 is 22.7 Å². The Morgan fingerprint density at radius 1 is 1.30 bits per heavy atom. The van der Waals surface area contributed by atoms with Crippen LogP contribution in [-0.2, 0) is 17.5 Å². The van der Waals surface area contributed by atoms with Gasteiger partial charge in [-0.05, 0) is 50.9 Å². The number of amides is 1. The van der Waals surface area contributed by atoms with Crippen LogP contribution in [-0.4, -0.2) is 55.1 Å². The third-order valence-electron chi connectivity index (χ3n) is 6.33. The van der Waals surface area contributed by atoms with Crippen molar-refractivity contribution in [3.05, 3.63) is 83.0 Å². The number of carbonyl (C=O) groups excluding carboxylic acids is 1. The Bertz CT molecular complexity index is 1270. The van der Waals surface area contributed by atoms with Gasteiger partial charge in [-0.3, -0.25) is 14.8 Å². The molecule has 2 aromatic rings. The van der Waals surface area contributed by atoms with Crippen LogP contribution in [0.3, 0.4) is 0 Å². The molecule has 216 valence electrons. The summed E-state index contributed by atoms with van der Waals surface area (Å²) < 4.78 is 46.7. The Labute approximate surface area is 232 Å². The average Bonchev–Trinajstić information content (AvgIpc) is 2.90. The number of nitrogens with one attached hydrogen (secondary N) is 2. The summed E-state index contributed by atoms with van der Waals surface area (Å²) in [5.74, 6) is 5.80. The Balaban J connectivity index is 1.87. The second-order valence-electron chi connectivity index (χ2n) is 9.75. The fourth-order valence-corrected chi connectivity index (χ4v) is 4.14. The number of aromatic nitrogens is 1. The van der Waals surface area contributed by atoms with Crippen molar-refractivity contribution in [3.63, 3.8) is 0 Å². The van der Waals surface area contributed by atoms with Crippen LogP contribution in [0, 0.1) is 5.92 Å². The molecule has 1 aliphatic carbocycles. The second kappa shape index (κ2) is 13.5. The minimum atomic E-state index is -4.61. The predicted octanol–water partition coefficient (Wildman–Crippen LogP) is 3.68. The summed E-state index contributed by atoms with van der Waals surface area (Å²) in [6.45, 7) is 3.33. The molecule has 1 unspecified atom stereocenters. The maximum Gasteiger partial charge on any atom is 0.416 e. The highest BCUT2D eigenvalue weighted by Gasteiger charge is 2.33. The molecule has 9 nitrogen and oxygen atoms in total. The Kier molecular flexibility index (Phi) is 10.3. The van der Waals surface area contributed by atoms with E-state index in [1.807, 2.05) is 25.9 Å². The molecule has 0 aliphatic heterocycles. The number of hydrogen-bond acceptors (Lipinski definition) is 8. The van der Waals surface area contributed by atoms with Crippen molar-refractivity contribution in [2.24, 2.45) is 17.5 Å². The number of ether oxygens (including phenoxy) is 1. The van der Waals surface area contributed by atoms with Crippen LogP contribution in [0.15, 0.2) is 66.3 Å². The molecule has 3 rings (SSSR count). The molecule has 0 fully saturated rings. The van der Waals surface area contributed by atoms with Gasteiger partial charge in [-0.1, -0.05) is 13.0 Å². The molecule has 12 heteroatoms. The molecule has 40 heavy (non-hydrogen) atoms. The van der Waals surface area contributed by atoms with Crippen molar-refractivity contribution >= 4 is 17.3 Å². The number of halogens is 3. The molecular formula is C28H36F3N7O2. The molecule has 1 heterocycles. The number of alkyl halides is 3. The number of nitrogens with zero attached hydrogens (tertiary/aromatic N) is 3. The van der Waals surface area contributed by atoms with Gasteiger partial charge in [-0.15, -0.1) is 0 Å². The van der Waals surface area contributed by atoms with E-state index < -0.39 is 17.6 Å². The van der Waals surface area contributed by atoms with Gasteiger partial charge in [-0.25, -0.2) is 5.84 Å². The summed E-state index contributed by atoms with van der Waals surface area (Å²) >= 11 is 0.